The van der Waals surface area contributed by atoms with Crippen molar-refractivity contribution in [3.8, 4) is 11.3 Å². The van der Waals surface area contributed by atoms with Crippen molar-refractivity contribution in [1.29, 1.82) is 0 Å². The lowest BCUT2D eigenvalue weighted by atomic mass is 10.1. The maximum atomic E-state index is 13.7. The molecule has 0 saturated heterocycles. The topological polar surface area (TPSA) is 103 Å². The van der Waals surface area contributed by atoms with Crippen LogP contribution in [0.2, 0.25) is 0 Å². The van der Waals surface area contributed by atoms with Gasteiger partial charge in [0.1, 0.15) is 10.9 Å². The average molecular weight is 789 g/mol. The van der Waals surface area contributed by atoms with Crippen molar-refractivity contribution in [2.75, 3.05) is 29.6 Å². The number of hydrogen-bond donors (Lipinski definition) is 3. The van der Waals surface area contributed by atoms with Crippen LogP contribution in [-0.4, -0.2) is 36.8 Å². The van der Waals surface area contributed by atoms with Gasteiger partial charge in [-0.05, 0) is 77.9 Å². The summed E-state index contributed by atoms with van der Waals surface area (Å²) in [4.78, 5) is 47.9. The number of hydrogen-bond acceptors (Lipinski definition) is 7. The highest BCUT2D eigenvalue weighted by Gasteiger charge is 2.24. The van der Waals surface area contributed by atoms with E-state index in [0.717, 1.165) is 37.4 Å². The highest BCUT2D eigenvalue weighted by Crippen LogP contribution is 2.37. The molecule has 1 atom stereocenters. The smallest absolute Gasteiger partial charge is 0.272 e. The molecule has 1 aromatic heterocycles. The summed E-state index contributed by atoms with van der Waals surface area (Å²) in [6.45, 7) is 0. The molecular formula is C41H34BrN5O3S2. The molecular weight excluding hydrogens is 755 g/mol. The highest BCUT2D eigenvalue weighted by molar-refractivity contribution is 9.10. The van der Waals surface area contributed by atoms with Crippen molar-refractivity contribution in [3.63, 3.8) is 0 Å². The standard InChI is InChI=1S/C41H34BrN5O3S2/c1-47(2)33-21-13-27(14-22-33)25-35(44-38(48)30-11-7-4-8-12-30)39(49)43-32-19-23-34(24-20-32)52-37(29-9-5-3-6-10-29)40(50)46-41-45-36(26-51-41)28-15-17-31(42)18-16-28/h3-26,37H,1-2H3,(H,43,49)(H,44,48)(H,45,46,50)/b35-25-. The van der Waals surface area contributed by atoms with E-state index in [4.69, 9.17) is 0 Å². The Labute approximate surface area is 319 Å². The minimum Gasteiger partial charge on any atom is -0.378 e. The molecule has 3 amide bonds. The molecule has 0 aliphatic rings. The van der Waals surface area contributed by atoms with Crippen molar-refractivity contribution in [2.45, 2.75) is 10.1 Å². The van der Waals surface area contributed by atoms with Gasteiger partial charge in [0.05, 0.1) is 5.69 Å². The van der Waals surface area contributed by atoms with Crippen LogP contribution in [0.25, 0.3) is 17.3 Å². The molecule has 1 heterocycles. The second kappa shape index (κ2) is 17.1. The molecule has 0 fully saturated rings. The number of carbonyl (C=O) groups is 3. The molecule has 0 radical (unpaired) electrons. The molecule has 0 bridgehead atoms. The van der Waals surface area contributed by atoms with Gasteiger partial charge in [-0.15, -0.1) is 23.1 Å². The molecule has 1 unspecified atom stereocenters. The number of carbonyl (C=O) groups excluding carboxylic acids is 3. The lowest BCUT2D eigenvalue weighted by molar-refractivity contribution is -0.116. The van der Waals surface area contributed by atoms with E-state index < -0.39 is 17.1 Å². The van der Waals surface area contributed by atoms with Gasteiger partial charge in [-0.3, -0.25) is 14.4 Å². The SMILES string of the molecule is CN(C)c1ccc(/C=C(\NC(=O)c2ccccc2)C(=O)Nc2ccc(SC(C(=O)Nc3nc(-c4ccc(Br)cc4)cs3)c3ccccc3)cc2)cc1. The van der Waals surface area contributed by atoms with Crippen molar-refractivity contribution < 1.29 is 14.4 Å². The summed E-state index contributed by atoms with van der Waals surface area (Å²) in [5.74, 6) is -1.08. The molecule has 0 aliphatic carbocycles. The van der Waals surface area contributed by atoms with Gasteiger partial charge in [0.25, 0.3) is 11.8 Å². The summed E-state index contributed by atoms with van der Waals surface area (Å²) in [5.41, 5.74) is 5.41. The Hall–Kier alpha value is -5.49. The zero-order chi connectivity index (χ0) is 36.5. The highest BCUT2D eigenvalue weighted by atomic mass is 79.9. The third-order valence-electron chi connectivity index (χ3n) is 7.83. The second-order valence-electron chi connectivity index (χ2n) is 11.8. The normalized spacial score (nSPS) is 11.7. The Morgan fingerprint density at radius 3 is 2.10 bits per heavy atom. The third kappa shape index (κ3) is 9.64. The summed E-state index contributed by atoms with van der Waals surface area (Å²) in [6, 6.07) is 41.1. The Morgan fingerprint density at radius 1 is 0.788 bits per heavy atom. The van der Waals surface area contributed by atoms with Gasteiger partial charge in [0.2, 0.25) is 5.91 Å². The van der Waals surface area contributed by atoms with Crippen molar-refractivity contribution >= 4 is 79.3 Å². The molecule has 8 nitrogen and oxygen atoms in total. The molecule has 0 aliphatic heterocycles. The zero-order valence-electron chi connectivity index (χ0n) is 28.2. The molecule has 260 valence electrons. The number of anilines is 3. The first-order valence-corrected chi connectivity index (χ1v) is 18.8. The van der Waals surface area contributed by atoms with Crippen LogP contribution >= 0.6 is 39.0 Å². The van der Waals surface area contributed by atoms with Crippen LogP contribution in [0.1, 0.15) is 26.7 Å². The first kappa shape index (κ1) is 36.3. The van der Waals surface area contributed by atoms with E-state index in [0.29, 0.717) is 16.4 Å². The van der Waals surface area contributed by atoms with E-state index in [9.17, 15) is 14.4 Å². The van der Waals surface area contributed by atoms with E-state index in [1.54, 1.807) is 42.5 Å². The van der Waals surface area contributed by atoms with Crippen LogP contribution in [-0.2, 0) is 9.59 Å². The van der Waals surface area contributed by atoms with Gasteiger partial charge < -0.3 is 20.9 Å². The van der Waals surface area contributed by atoms with Crippen LogP contribution in [0.5, 0.6) is 0 Å². The van der Waals surface area contributed by atoms with E-state index in [1.807, 2.05) is 121 Å². The number of nitrogens with one attached hydrogen (secondary N) is 3. The lowest BCUT2D eigenvalue weighted by Crippen LogP contribution is -2.30. The van der Waals surface area contributed by atoms with Gasteiger partial charge in [-0.1, -0.05) is 88.7 Å². The summed E-state index contributed by atoms with van der Waals surface area (Å²) in [7, 11) is 3.90. The summed E-state index contributed by atoms with van der Waals surface area (Å²) in [5, 5.41) is 10.6. The predicted molar refractivity (Wildman–Crippen MR) is 217 cm³/mol. The minimum absolute atomic E-state index is 0.0937. The zero-order valence-corrected chi connectivity index (χ0v) is 31.5. The van der Waals surface area contributed by atoms with Gasteiger partial charge >= 0.3 is 0 Å². The fourth-order valence-corrected chi connectivity index (χ4v) is 7.10. The minimum atomic E-state index is -0.566. The molecule has 0 spiro atoms. The fourth-order valence-electron chi connectivity index (χ4n) is 5.09. The number of benzene rings is 5. The monoisotopic (exact) mass is 787 g/mol. The van der Waals surface area contributed by atoms with E-state index in [-0.39, 0.29) is 11.6 Å². The lowest BCUT2D eigenvalue weighted by Gasteiger charge is -2.17. The van der Waals surface area contributed by atoms with Crippen LogP contribution in [0, 0.1) is 0 Å². The van der Waals surface area contributed by atoms with E-state index >= 15 is 0 Å². The number of halogens is 1. The van der Waals surface area contributed by atoms with Crippen LogP contribution in [0.4, 0.5) is 16.5 Å². The summed E-state index contributed by atoms with van der Waals surface area (Å²) in [6.07, 6.45) is 1.65. The molecule has 6 aromatic rings. The predicted octanol–water partition coefficient (Wildman–Crippen LogP) is 9.52. The van der Waals surface area contributed by atoms with Crippen LogP contribution < -0.4 is 20.9 Å². The number of amides is 3. The van der Waals surface area contributed by atoms with Gasteiger partial charge in [-0.2, -0.15) is 0 Å². The van der Waals surface area contributed by atoms with E-state index in [1.165, 1.54) is 23.1 Å². The Bertz CT molecular complexity index is 2170. The first-order valence-electron chi connectivity index (χ1n) is 16.2. The molecule has 6 rings (SSSR count). The van der Waals surface area contributed by atoms with Crippen molar-refractivity contribution in [3.05, 3.63) is 166 Å². The van der Waals surface area contributed by atoms with Crippen LogP contribution in [0.15, 0.2) is 154 Å². The average Bonchev–Trinajstić information content (AvgIpc) is 3.63. The third-order valence-corrected chi connectivity index (χ3v) is 10.4. The Morgan fingerprint density at radius 2 is 1.44 bits per heavy atom. The largest absolute Gasteiger partial charge is 0.378 e. The van der Waals surface area contributed by atoms with Gasteiger partial charge in [-0.25, -0.2) is 4.98 Å². The Kier molecular flexibility index (Phi) is 12.0. The molecule has 5 aromatic carbocycles. The maximum Gasteiger partial charge on any atom is 0.272 e. The molecule has 11 heteroatoms. The van der Waals surface area contributed by atoms with Crippen molar-refractivity contribution in [2.24, 2.45) is 0 Å². The van der Waals surface area contributed by atoms with E-state index in [2.05, 4.69) is 36.9 Å². The summed E-state index contributed by atoms with van der Waals surface area (Å²) >= 11 is 6.23. The molecule has 0 saturated carbocycles. The fraction of sp³-hybridized carbons (Fsp3) is 0.0732. The molecule has 3 N–H and O–H groups in total. The number of nitrogens with zero attached hydrogens (tertiary/aromatic N) is 2. The number of aromatic nitrogens is 1. The quantitative estimate of drug-likeness (QED) is 0.0844. The number of thioether (sulfide) groups is 1. The Balaban J connectivity index is 1.17. The maximum absolute atomic E-state index is 13.7. The first-order chi connectivity index (χ1) is 25.2. The number of rotatable bonds is 12. The summed E-state index contributed by atoms with van der Waals surface area (Å²) < 4.78 is 0.981. The van der Waals surface area contributed by atoms with Gasteiger partial charge in [0, 0.05) is 51.3 Å². The second-order valence-corrected chi connectivity index (χ2v) is 14.7. The van der Waals surface area contributed by atoms with Crippen molar-refractivity contribution in [1.82, 2.24) is 10.3 Å². The van der Waals surface area contributed by atoms with Gasteiger partial charge in [0.15, 0.2) is 5.13 Å². The number of thiazole rings is 1. The molecule has 52 heavy (non-hydrogen) atoms. The van der Waals surface area contributed by atoms with Crippen LogP contribution in [0.3, 0.4) is 0 Å².